The summed E-state index contributed by atoms with van der Waals surface area (Å²) in [6.07, 6.45) is 4.17. The molecule has 2 rings (SSSR count). The van der Waals surface area contributed by atoms with Gasteiger partial charge in [0.05, 0.1) is 18.2 Å². The molecule has 2 atom stereocenters. The van der Waals surface area contributed by atoms with Crippen molar-refractivity contribution in [1.29, 1.82) is 0 Å². The minimum atomic E-state index is -0.840. The number of nitrogens with zero attached hydrogens (tertiary/aromatic N) is 1. The number of hydrogen-bond donors (Lipinski definition) is 3. The summed E-state index contributed by atoms with van der Waals surface area (Å²) < 4.78 is 5.00. The fourth-order valence-corrected chi connectivity index (χ4v) is 2.66. The molecule has 7 nitrogen and oxygen atoms in total. The molecule has 0 radical (unpaired) electrons. The van der Waals surface area contributed by atoms with Gasteiger partial charge in [-0.1, -0.05) is 24.4 Å². The van der Waals surface area contributed by atoms with Crippen molar-refractivity contribution in [1.82, 2.24) is 15.8 Å². The molecular formula is C14H21N3O4. The summed E-state index contributed by atoms with van der Waals surface area (Å²) >= 11 is 0. The van der Waals surface area contributed by atoms with Crippen molar-refractivity contribution < 1.29 is 19.2 Å². The molecule has 1 fully saturated rings. The Morgan fingerprint density at radius 2 is 2.14 bits per heavy atom. The number of carbonyl (C=O) groups is 2. The highest BCUT2D eigenvalue weighted by Crippen LogP contribution is 2.23. The number of aliphatic carboxylic acids is 1. The lowest BCUT2D eigenvalue weighted by atomic mass is 9.95. The van der Waals surface area contributed by atoms with E-state index in [2.05, 4.69) is 15.8 Å². The molecule has 1 heterocycles. The van der Waals surface area contributed by atoms with Crippen molar-refractivity contribution in [2.45, 2.75) is 51.6 Å². The van der Waals surface area contributed by atoms with E-state index in [1.54, 1.807) is 13.0 Å². The second-order valence-electron chi connectivity index (χ2n) is 5.45. The van der Waals surface area contributed by atoms with Gasteiger partial charge in [0, 0.05) is 12.1 Å². The highest BCUT2D eigenvalue weighted by atomic mass is 16.5. The third-order valence-electron chi connectivity index (χ3n) is 3.75. The Bertz CT molecular complexity index is 500. The van der Waals surface area contributed by atoms with Gasteiger partial charge in [0.15, 0.2) is 5.76 Å². The molecular weight excluding hydrogens is 274 g/mol. The summed E-state index contributed by atoms with van der Waals surface area (Å²) in [7, 11) is 0. The third-order valence-corrected chi connectivity index (χ3v) is 3.75. The topological polar surface area (TPSA) is 104 Å². The summed E-state index contributed by atoms with van der Waals surface area (Å²) in [5.41, 5.74) is 0.752. The minimum Gasteiger partial charge on any atom is -0.481 e. The number of urea groups is 1. The molecule has 0 saturated heterocycles. The van der Waals surface area contributed by atoms with Crippen molar-refractivity contribution in [3.8, 4) is 0 Å². The number of carbonyl (C=O) groups excluding carboxylic acids is 1. The van der Waals surface area contributed by atoms with Crippen LogP contribution in [0.3, 0.4) is 0 Å². The Morgan fingerprint density at radius 1 is 1.38 bits per heavy atom. The Morgan fingerprint density at radius 3 is 2.81 bits per heavy atom. The van der Waals surface area contributed by atoms with Gasteiger partial charge in [-0.15, -0.1) is 0 Å². The van der Waals surface area contributed by atoms with E-state index in [1.165, 1.54) is 0 Å². The minimum absolute atomic E-state index is 0.233. The van der Waals surface area contributed by atoms with Gasteiger partial charge < -0.3 is 20.3 Å². The zero-order valence-electron chi connectivity index (χ0n) is 12.1. The number of nitrogens with one attached hydrogen (secondary N) is 2. The Balaban J connectivity index is 1.85. The normalized spacial score (nSPS) is 22.3. The van der Waals surface area contributed by atoms with Gasteiger partial charge in [-0.2, -0.15) is 0 Å². The molecule has 1 aromatic heterocycles. The lowest BCUT2D eigenvalue weighted by Crippen LogP contribution is -2.47. The van der Waals surface area contributed by atoms with Crippen LogP contribution in [-0.4, -0.2) is 28.3 Å². The van der Waals surface area contributed by atoms with Crippen LogP contribution < -0.4 is 10.6 Å². The van der Waals surface area contributed by atoms with Crippen LogP contribution in [0.15, 0.2) is 10.6 Å². The van der Waals surface area contributed by atoms with Crippen LogP contribution in [0.5, 0.6) is 0 Å². The standard InChI is InChI=1S/C14H21N3O4/c1-9-7-10(21-17-9)8-15-14(20)16-12-6-4-2-3-5-11(12)13(18)19/h7,11-12H,2-6,8H2,1H3,(H,18,19)(H2,15,16,20). The zero-order valence-corrected chi connectivity index (χ0v) is 12.1. The van der Waals surface area contributed by atoms with E-state index in [9.17, 15) is 14.7 Å². The number of aromatic nitrogens is 1. The maximum atomic E-state index is 11.9. The molecule has 1 aliphatic carbocycles. The van der Waals surface area contributed by atoms with Gasteiger partial charge in [0.2, 0.25) is 0 Å². The Hall–Kier alpha value is -2.05. The summed E-state index contributed by atoms with van der Waals surface area (Å²) in [4.78, 5) is 23.2. The first kappa shape index (κ1) is 15.3. The van der Waals surface area contributed by atoms with Crippen LogP contribution in [0.4, 0.5) is 4.79 Å². The average Bonchev–Trinajstić information content (AvgIpc) is 2.70. The maximum Gasteiger partial charge on any atom is 0.315 e. The molecule has 0 aliphatic heterocycles. The Labute approximate surface area is 123 Å². The van der Waals surface area contributed by atoms with Crippen LogP contribution in [0, 0.1) is 12.8 Å². The molecule has 21 heavy (non-hydrogen) atoms. The predicted octanol–water partition coefficient (Wildman–Crippen LogP) is 1.82. The first-order valence-corrected chi connectivity index (χ1v) is 7.25. The van der Waals surface area contributed by atoms with E-state index in [1.807, 2.05) is 0 Å². The number of carboxylic acid groups (broad SMARTS) is 1. The summed E-state index contributed by atoms with van der Waals surface area (Å²) in [6.45, 7) is 2.03. The predicted molar refractivity (Wildman–Crippen MR) is 74.6 cm³/mol. The van der Waals surface area contributed by atoms with Crippen molar-refractivity contribution in [2.24, 2.45) is 5.92 Å². The average molecular weight is 295 g/mol. The highest BCUT2D eigenvalue weighted by Gasteiger charge is 2.30. The quantitative estimate of drug-likeness (QED) is 0.735. The highest BCUT2D eigenvalue weighted by molar-refractivity contribution is 5.76. The Kier molecular flexibility index (Phi) is 5.19. The van der Waals surface area contributed by atoms with Crippen molar-refractivity contribution >= 4 is 12.0 Å². The first-order chi connectivity index (χ1) is 10.1. The maximum absolute atomic E-state index is 11.9. The molecule has 2 amide bonds. The fraction of sp³-hybridized carbons (Fsp3) is 0.643. The van der Waals surface area contributed by atoms with Gasteiger partial charge in [-0.3, -0.25) is 4.79 Å². The van der Waals surface area contributed by atoms with Crippen molar-refractivity contribution in [3.05, 3.63) is 17.5 Å². The van der Waals surface area contributed by atoms with E-state index in [-0.39, 0.29) is 18.6 Å². The van der Waals surface area contributed by atoms with Crippen LogP contribution in [0.2, 0.25) is 0 Å². The van der Waals surface area contributed by atoms with Crippen LogP contribution in [0.1, 0.15) is 43.6 Å². The number of aryl methyl sites for hydroxylation is 1. The van der Waals surface area contributed by atoms with E-state index < -0.39 is 11.9 Å². The molecule has 1 saturated carbocycles. The molecule has 1 aliphatic rings. The van der Waals surface area contributed by atoms with Gasteiger partial charge in [0.25, 0.3) is 0 Å². The molecule has 116 valence electrons. The van der Waals surface area contributed by atoms with Gasteiger partial charge >= 0.3 is 12.0 Å². The van der Waals surface area contributed by atoms with E-state index in [0.29, 0.717) is 18.6 Å². The first-order valence-electron chi connectivity index (χ1n) is 7.25. The van der Waals surface area contributed by atoms with E-state index in [0.717, 1.165) is 25.0 Å². The molecule has 3 N–H and O–H groups in total. The summed E-state index contributed by atoms with van der Waals surface area (Å²) in [5, 5.41) is 18.4. The number of rotatable bonds is 4. The number of carboxylic acids is 1. The van der Waals surface area contributed by atoms with Gasteiger partial charge in [0.1, 0.15) is 0 Å². The van der Waals surface area contributed by atoms with Crippen molar-refractivity contribution in [3.63, 3.8) is 0 Å². The lowest BCUT2D eigenvalue weighted by Gasteiger charge is -2.22. The SMILES string of the molecule is Cc1cc(CNC(=O)NC2CCCCCC2C(=O)O)on1. The van der Waals surface area contributed by atoms with E-state index >= 15 is 0 Å². The molecule has 7 heteroatoms. The number of amides is 2. The zero-order chi connectivity index (χ0) is 15.2. The largest absolute Gasteiger partial charge is 0.481 e. The second-order valence-corrected chi connectivity index (χ2v) is 5.45. The van der Waals surface area contributed by atoms with Crippen LogP contribution in [0.25, 0.3) is 0 Å². The second kappa shape index (κ2) is 7.10. The van der Waals surface area contributed by atoms with Crippen molar-refractivity contribution in [2.75, 3.05) is 0 Å². The van der Waals surface area contributed by atoms with E-state index in [4.69, 9.17) is 4.52 Å². The number of hydrogen-bond acceptors (Lipinski definition) is 4. The summed E-state index contributed by atoms with van der Waals surface area (Å²) in [5.74, 6) is -0.780. The smallest absolute Gasteiger partial charge is 0.315 e. The van der Waals surface area contributed by atoms with Crippen LogP contribution in [-0.2, 0) is 11.3 Å². The fourth-order valence-electron chi connectivity index (χ4n) is 2.66. The monoisotopic (exact) mass is 295 g/mol. The molecule has 0 spiro atoms. The van der Waals surface area contributed by atoms with Gasteiger partial charge in [-0.05, 0) is 19.8 Å². The van der Waals surface area contributed by atoms with Gasteiger partial charge in [-0.25, -0.2) is 4.79 Å². The molecule has 0 bridgehead atoms. The molecule has 2 unspecified atom stereocenters. The van der Waals surface area contributed by atoms with Crippen LogP contribution >= 0.6 is 0 Å². The molecule has 1 aromatic rings. The molecule has 0 aromatic carbocycles. The third kappa shape index (κ3) is 4.47. The lowest BCUT2D eigenvalue weighted by molar-refractivity contribution is -0.142. The summed E-state index contributed by atoms with van der Waals surface area (Å²) in [6, 6.07) is 1.05.